The topological polar surface area (TPSA) is 83.6 Å². The van der Waals surface area contributed by atoms with E-state index in [0.29, 0.717) is 0 Å². The number of imide groups is 2. The number of piperidine rings is 1. The fourth-order valence-corrected chi connectivity index (χ4v) is 2.11. The Hall–Kier alpha value is -2.50. The zero-order valence-electron chi connectivity index (χ0n) is 10.1. The zero-order valence-corrected chi connectivity index (χ0v) is 10.1. The molecule has 1 atom stereocenters. The molecule has 1 N–H and O–H groups in total. The predicted octanol–water partition coefficient (Wildman–Crippen LogP) is -0.171. The van der Waals surface area contributed by atoms with Gasteiger partial charge < -0.3 is 0 Å². The number of hydrogen-bond acceptors (Lipinski definition) is 4. The summed E-state index contributed by atoms with van der Waals surface area (Å²) in [5.41, 5.74) is 0.166. The summed E-state index contributed by atoms with van der Waals surface area (Å²) in [6.07, 6.45) is 2.99. The highest BCUT2D eigenvalue weighted by Crippen LogP contribution is 2.28. The van der Waals surface area contributed by atoms with Gasteiger partial charge >= 0.3 is 0 Å². The van der Waals surface area contributed by atoms with E-state index >= 15 is 0 Å². The molecule has 0 aromatic carbocycles. The quantitative estimate of drug-likeness (QED) is 0.552. The molecule has 2 heterocycles. The lowest BCUT2D eigenvalue weighted by atomic mass is 10.0. The molecular formula is C13H12N2O4. The summed E-state index contributed by atoms with van der Waals surface area (Å²) in [5, 5.41) is 2.12. The van der Waals surface area contributed by atoms with Crippen LogP contribution in [-0.4, -0.2) is 34.6 Å². The molecule has 98 valence electrons. The minimum absolute atomic E-state index is 0.0367. The highest BCUT2D eigenvalue weighted by molar-refractivity contribution is 6.26. The summed E-state index contributed by atoms with van der Waals surface area (Å²) >= 11 is 0. The van der Waals surface area contributed by atoms with Crippen LogP contribution < -0.4 is 5.32 Å². The SMILES string of the molecule is C=C/C=C1\C(=C)C(=O)N([C@@H]2CCC(=O)NC2=O)C1=O. The lowest BCUT2D eigenvalue weighted by Crippen LogP contribution is -2.54. The molecule has 2 aliphatic heterocycles. The monoisotopic (exact) mass is 260 g/mol. The molecule has 0 spiro atoms. The molecule has 0 radical (unpaired) electrons. The Bertz CT molecular complexity index is 559. The minimum atomic E-state index is -0.954. The van der Waals surface area contributed by atoms with Crippen LogP contribution in [0.4, 0.5) is 0 Å². The molecule has 0 unspecified atom stereocenters. The molecule has 0 aromatic heterocycles. The van der Waals surface area contributed by atoms with Crippen molar-refractivity contribution in [3.8, 4) is 0 Å². The Morgan fingerprint density at radius 3 is 2.47 bits per heavy atom. The van der Waals surface area contributed by atoms with Gasteiger partial charge in [-0.1, -0.05) is 19.2 Å². The summed E-state index contributed by atoms with van der Waals surface area (Å²) in [4.78, 5) is 47.7. The van der Waals surface area contributed by atoms with Crippen LogP contribution in [-0.2, 0) is 19.2 Å². The van der Waals surface area contributed by atoms with Crippen LogP contribution >= 0.6 is 0 Å². The van der Waals surface area contributed by atoms with Gasteiger partial charge in [-0.2, -0.15) is 0 Å². The number of rotatable bonds is 2. The Morgan fingerprint density at radius 2 is 1.89 bits per heavy atom. The number of carbonyl (C=O) groups is 4. The number of likely N-dealkylation sites (tertiary alicyclic amines) is 1. The summed E-state index contributed by atoms with van der Waals surface area (Å²) in [6, 6.07) is -0.954. The van der Waals surface area contributed by atoms with Gasteiger partial charge in [0.15, 0.2) is 0 Å². The average Bonchev–Trinajstić information content (AvgIpc) is 2.55. The molecule has 0 bridgehead atoms. The van der Waals surface area contributed by atoms with E-state index < -0.39 is 29.7 Å². The van der Waals surface area contributed by atoms with E-state index in [-0.39, 0.29) is 24.0 Å². The second kappa shape index (κ2) is 4.64. The molecule has 2 saturated heterocycles. The molecule has 0 aromatic rings. The van der Waals surface area contributed by atoms with Crippen LogP contribution in [0, 0.1) is 0 Å². The number of nitrogens with zero attached hydrogens (tertiary/aromatic N) is 1. The van der Waals surface area contributed by atoms with Crippen LogP contribution in [0.2, 0.25) is 0 Å². The summed E-state index contributed by atoms with van der Waals surface area (Å²) < 4.78 is 0. The van der Waals surface area contributed by atoms with Crippen molar-refractivity contribution in [1.82, 2.24) is 10.2 Å². The van der Waals surface area contributed by atoms with E-state index in [4.69, 9.17) is 0 Å². The molecule has 19 heavy (non-hydrogen) atoms. The van der Waals surface area contributed by atoms with Gasteiger partial charge in [0.2, 0.25) is 11.8 Å². The number of nitrogens with one attached hydrogen (secondary N) is 1. The number of allylic oxidation sites excluding steroid dienone is 2. The second-order valence-corrected chi connectivity index (χ2v) is 4.24. The van der Waals surface area contributed by atoms with Crippen molar-refractivity contribution in [3.05, 3.63) is 36.5 Å². The maximum Gasteiger partial charge on any atom is 0.262 e. The maximum atomic E-state index is 12.1. The molecule has 0 aliphatic carbocycles. The molecule has 2 rings (SSSR count). The standard InChI is InChI=1S/C13H12N2O4/c1-3-4-8-7(2)12(18)15(13(8)19)9-5-6-10(16)14-11(9)17/h3-4,9H,1-2,5-6H2,(H,14,16,17)/b8-4+/t9-/m1/s1. The zero-order chi connectivity index (χ0) is 14.2. The van der Waals surface area contributed by atoms with E-state index in [1.807, 2.05) is 0 Å². The van der Waals surface area contributed by atoms with Gasteiger partial charge in [-0.05, 0) is 12.5 Å². The second-order valence-electron chi connectivity index (χ2n) is 4.24. The van der Waals surface area contributed by atoms with Crippen molar-refractivity contribution < 1.29 is 19.2 Å². The van der Waals surface area contributed by atoms with Gasteiger partial charge in [-0.25, -0.2) is 0 Å². The van der Waals surface area contributed by atoms with E-state index in [9.17, 15) is 19.2 Å². The predicted molar refractivity (Wildman–Crippen MR) is 65.4 cm³/mol. The third-order valence-electron chi connectivity index (χ3n) is 3.06. The lowest BCUT2D eigenvalue weighted by molar-refractivity contribution is -0.149. The molecule has 0 saturated carbocycles. The molecule has 4 amide bonds. The summed E-state index contributed by atoms with van der Waals surface area (Å²) in [6.45, 7) is 7.00. The number of amides is 4. The minimum Gasteiger partial charge on any atom is -0.295 e. The first kappa shape index (κ1) is 12.9. The molecule has 6 heteroatoms. The first-order chi connectivity index (χ1) is 8.97. The molecule has 2 aliphatic rings. The van der Waals surface area contributed by atoms with Gasteiger partial charge in [-0.3, -0.25) is 29.4 Å². The van der Waals surface area contributed by atoms with Gasteiger partial charge in [0.1, 0.15) is 6.04 Å². The van der Waals surface area contributed by atoms with Gasteiger partial charge in [0.25, 0.3) is 11.8 Å². The van der Waals surface area contributed by atoms with Crippen LogP contribution in [0.15, 0.2) is 36.5 Å². The van der Waals surface area contributed by atoms with Crippen molar-refractivity contribution in [3.63, 3.8) is 0 Å². The van der Waals surface area contributed by atoms with Crippen molar-refractivity contribution in [2.45, 2.75) is 18.9 Å². The van der Waals surface area contributed by atoms with Crippen LogP contribution in [0.1, 0.15) is 12.8 Å². The van der Waals surface area contributed by atoms with Crippen molar-refractivity contribution in [2.75, 3.05) is 0 Å². The maximum absolute atomic E-state index is 12.1. The number of hydrogen-bond donors (Lipinski definition) is 1. The third kappa shape index (κ3) is 2.01. The molecule has 6 nitrogen and oxygen atoms in total. The van der Waals surface area contributed by atoms with E-state index in [2.05, 4.69) is 18.5 Å². The van der Waals surface area contributed by atoms with Crippen molar-refractivity contribution in [2.24, 2.45) is 0 Å². The fraction of sp³-hybridized carbons (Fsp3) is 0.231. The Balaban J connectivity index is 2.33. The smallest absolute Gasteiger partial charge is 0.262 e. The Kier molecular flexibility index (Phi) is 3.16. The third-order valence-corrected chi connectivity index (χ3v) is 3.06. The Labute approximate surface area is 109 Å². The summed E-state index contributed by atoms with van der Waals surface area (Å²) in [7, 11) is 0. The normalized spacial score (nSPS) is 26.1. The Morgan fingerprint density at radius 1 is 1.21 bits per heavy atom. The molecule has 2 fully saturated rings. The lowest BCUT2D eigenvalue weighted by Gasteiger charge is -2.27. The van der Waals surface area contributed by atoms with Gasteiger partial charge in [0, 0.05) is 12.0 Å². The first-order valence-corrected chi connectivity index (χ1v) is 5.71. The van der Waals surface area contributed by atoms with Crippen LogP contribution in [0.5, 0.6) is 0 Å². The molecular weight excluding hydrogens is 248 g/mol. The van der Waals surface area contributed by atoms with E-state index in [1.165, 1.54) is 12.2 Å². The average molecular weight is 260 g/mol. The van der Waals surface area contributed by atoms with Gasteiger partial charge in [0.05, 0.1) is 5.57 Å². The van der Waals surface area contributed by atoms with E-state index in [0.717, 1.165) is 4.90 Å². The fourth-order valence-electron chi connectivity index (χ4n) is 2.11. The highest BCUT2D eigenvalue weighted by atomic mass is 16.2. The van der Waals surface area contributed by atoms with Gasteiger partial charge in [-0.15, -0.1) is 0 Å². The summed E-state index contributed by atoms with van der Waals surface area (Å²) in [5.74, 6) is -2.22. The van der Waals surface area contributed by atoms with Crippen LogP contribution in [0.3, 0.4) is 0 Å². The number of carbonyl (C=O) groups excluding carboxylic acids is 4. The van der Waals surface area contributed by atoms with E-state index in [1.54, 1.807) is 0 Å². The van der Waals surface area contributed by atoms with Crippen molar-refractivity contribution >= 4 is 23.6 Å². The largest absolute Gasteiger partial charge is 0.295 e. The highest BCUT2D eigenvalue weighted by Gasteiger charge is 2.45. The van der Waals surface area contributed by atoms with Crippen molar-refractivity contribution in [1.29, 1.82) is 0 Å². The van der Waals surface area contributed by atoms with Crippen LogP contribution in [0.25, 0.3) is 0 Å². The first-order valence-electron chi connectivity index (χ1n) is 5.71.